The first-order valence-corrected chi connectivity index (χ1v) is 9.19. The highest BCUT2D eigenvalue weighted by Crippen LogP contribution is 2.30. The number of hydrogen-bond acceptors (Lipinski definition) is 5. The molecule has 0 aliphatic heterocycles. The fourth-order valence-electron chi connectivity index (χ4n) is 2.06. The summed E-state index contributed by atoms with van der Waals surface area (Å²) in [6, 6.07) is 6.19. The summed E-state index contributed by atoms with van der Waals surface area (Å²) >= 11 is 8.60. The number of aryl methyl sites for hydroxylation is 1. The molecule has 3 N–H and O–H groups in total. The van der Waals surface area contributed by atoms with Crippen molar-refractivity contribution >= 4 is 46.0 Å². The van der Waals surface area contributed by atoms with Crippen molar-refractivity contribution < 1.29 is 0 Å². The van der Waals surface area contributed by atoms with Crippen molar-refractivity contribution in [2.45, 2.75) is 31.2 Å². The van der Waals surface area contributed by atoms with E-state index in [2.05, 4.69) is 24.1 Å². The van der Waals surface area contributed by atoms with Crippen LogP contribution in [-0.2, 0) is 6.42 Å². The van der Waals surface area contributed by atoms with E-state index >= 15 is 0 Å². The fraction of sp³-hybridized carbons (Fsp3) is 0.333. The van der Waals surface area contributed by atoms with Crippen LogP contribution in [-0.4, -0.2) is 16.2 Å². The van der Waals surface area contributed by atoms with E-state index in [0.717, 1.165) is 27.6 Å². The lowest BCUT2D eigenvalue weighted by atomic mass is 10.1. The molecule has 1 heterocycles. The molecule has 0 aliphatic rings. The lowest BCUT2D eigenvalue weighted by Gasteiger charge is -2.18. The summed E-state index contributed by atoms with van der Waals surface area (Å²) in [7, 11) is 0. The number of thioether (sulfide) groups is 1. The molecule has 1 aromatic carbocycles. The average Bonchev–Trinajstić information content (AvgIpc) is 2.95. The Morgan fingerprint density at radius 2 is 2.29 bits per heavy atom. The third-order valence-electron chi connectivity index (χ3n) is 3.15. The number of anilines is 1. The van der Waals surface area contributed by atoms with Gasteiger partial charge >= 0.3 is 0 Å². The van der Waals surface area contributed by atoms with Crippen molar-refractivity contribution in [1.29, 1.82) is 0 Å². The van der Waals surface area contributed by atoms with Crippen LogP contribution in [0.2, 0.25) is 0 Å². The van der Waals surface area contributed by atoms with Crippen LogP contribution >= 0.6 is 35.3 Å². The van der Waals surface area contributed by atoms with E-state index in [1.807, 2.05) is 30.7 Å². The van der Waals surface area contributed by atoms with Crippen LogP contribution in [0.3, 0.4) is 0 Å². The number of nitrogens with one attached hydrogen (secondary N) is 1. The molecule has 0 spiro atoms. The molecule has 3 nitrogen and oxygen atoms in total. The number of thiazole rings is 1. The van der Waals surface area contributed by atoms with Crippen molar-refractivity contribution in [3.63, 3.8) is 0 Å². The maximum absolute atomic E-state index is 5.90. The monoisotopic (exact) mass is 337 g/mol. The van der Waals surface area contributed by atoms with E-state index in [0.29, 0.717) is 4.99 Å². The van der Waals surface area contributed by atoms with Gasteiger partial charge in [-0.3, -0.25) is 0 Å². The quantitative estimate of drug-likeness (QED) is 0.610. The minimum absolute atomic E-state index is 0.125. The highest BCUT2D eigenvalue weighted by Gasteiger charge is 2.15. The lowest BCUT2D eigenvalue weighted by Crippen LogP contribution is -2.16. The Morgan fingerprint density at radius 3 is 2.86 bits per heavy atom. The van der Waals surface area contributed by atoms with Crippen LogP contribution in [0.25, 0.3) is 0 Å². The Bertz CT molecular complexity index is 637. The molecule has 0 fully saturated rings. The highest BCUT2D eigenvalue weighted by molar-refractivity contribution is 7.98. The number of thiocarbonyl (C=S) groups is 1. The van der Waals surface area contributed by atoms with Crippen LogP contribution in [0, 0.1) is 0 Å². The van der Waals surface area contributed by atoms with Gasteiger partial charge in [-0.05, 0) is 31.7 Å². The number of nitrogens with zero attached hydrogens (tertiary/aromatic N) is 1. The number of hydrogen-bond donors (Lipinski definition) is 2. The third-order valence-corrected chi connectivity index (χ3v) is 5.46. The second-order valence-corrected chi connectivity index (χ2v) is 7.07. The lowest BCUT2D eigenvalue weighted by molar-refractivity contribution is 0.868. The van der Waals surface area contributed by atoms with Gasteiger partial charge in [-0.1, -0.05) is 25.2 Å². The van der Waals surface area contributed by atoms with Crippen LogP contribution < -0.4 is 11.1 Å². The van der Waals surface area contributed by atoms with Gasteiger partial charge in [-0.2, -0.15) is 0 Å². The Morgan fingerprint density at radius 1 is 1.52 bits per heavy atom. The molecule has 1 unspecified atom stereocenters. The van der Waals surface area contributed by atoms with E-state index in [9.17, 15) is 0 Å². The van der Waals surface area contributed by atoms with E-state index in [1.165, 1.54) is 4.88 Å². The van der Waals surface area contributed by atoms with Gasteiger partial charge in [0.1, 0.15) is 10.00 Å². The molecule has 0 radical (unpaired) electrons. The highest BCUT2D eigenvalue weighted by atomic mass is 32.2. The zero-order valence-corrected chi connectivity index (χ0v) is 14.8. The standard InChI is InChI=1S/C15H19N3S3/c1-4-10-8-17-15(21-10)9(2)18-11-6-5-7-12(20-3)13(11)14(16)19/h5-9,18H,4H2,1-3H3,(H2,16,19). The van der Waals surface area contributed by atoms with E-state index < -0.39 is 0 Å². The molecule has 21 heavy (non-hydrogen) atoms. The van der Waals surface area contributed by atoms with Crippen molar-refractivity contribution in [1.82, 2.24) is 4.98 Å². The molecule has 2 rings (SSSR count). The van der Waals surface area contributed by atoms with Gasteiger partial charge in [0.25, 0.3) is 0 Å². The smallest absolute Gasteiger partial charge is 0.115 e. The molecule has 0 aliphatic carbocycles. The zero-order chi connectivity index (χ0) is 15.4. The Kier molecular flexibility index (Phi) is 5.61. The molecular formula is C15H19N3S3. The summed E-state index contributed by atoms with van der Waals surface area (Å²) in [5, 5.41) is 4.57. The summed E-state index contributed by atoms with van der Waals surface area (Å²) in [6.07, 6.45) is 4.99. The summed E-state index contributed by atoms with van der Waals surface area (Å²) in [6.45, 7) is 4.25. The number of aromatic nitrogens is 1. The van der Waals surface area contributed by atoms with Gasteiger partial charge in [-0.15, -0.1) is 23.1 Å². The number of benzene rings is 1. The van der Waals surface area contributed by atoms with E-state index in [4.69, 9.17) is 18.0 Å². The maximum atomic E-state index is 5.90. The Labute approximate surface area is 139 Å². The van der Waals surface area contributed by atoms with E-state index in [1.54, 1.807) is 23.1 Å². The second kappa shape index (κ2) is 7.24. The van der Waals surface area contributed by atoms with Gasteiger partial charge in [0.15, 0.2) is 0 Å². The van der Waals surface area contributed by atoms with Gasteiger partial charge < -0.3 is 11.1 Å². The summed E-state index contributed by atoms with van der Waals surface area (Å²) in [4.78, 5) is 7.29. The minimum Gasteiger partial charge on any atom is -0.389 e. The SMILES string of the molecule is CCc1cnc(C(C)Nc2cccc(SC)c2C(N)=S)s1. The van der Waals surface area contributed by atoms with Gasteiger partial charge in [-0.25, -0.2) is 4.98 Å². The van der Waals surface area contributed by atoms with Gasteiger partial charge in [0, 0.05) is 27.2 Å². The summed E-state index contributed by atoms with van der Waals surface area (Å²) < 4.78 is 0. The predicted octanol–water partition coefficient (Wildman–Crippen LogP) is 4.23. The average molecular weight is 338 g/mol. The zero-order valence-electron chi connectivity index (χ0n) is 12.3. The number of nitrogens with two attached hydrogens (primary N) is 1. The summed E-state index contributed by atoms with van der Waals surface area (Å²) in [5.41, 5.74) is 7.78. The first-order chi connectivity index (χ1) is 10.1. The molecule has 6 heteroatoms. The molecule has 0 amide bonds. The largest absolute Gasteiger partial charge is 0.389 e. The summed E-state index contributed by atoms with van der Waals surface area (Å²) in [5.74, 6) is 0. The van der Waals surface area contributed by atoms with Gasteiger partial charge in [0.05, 0.1) is 6.04 Å². The topological polar surface area (TPSA) is 50.9 Å². The minimum atomic E-state index is 0.125. The van der Waals surface area contributed by atoms with Crippen LogP contribution in [0.15, 0.2) is 29.3 Å². The normalized spacial score (nSPS) is 12.1. The molecule has 112 valence electrons. The first kappa shape index (κ1) is 16.3. The van der Waals surface area contributed by atoms with Crippen molar-refractivity contribution in [2.75, 3.05) is 11.6 Å². The molecule has 0 bridgehead atoms. The van der Waals surface area contributed by atoms with E-state index in [-0.39, 0.29) is 6.04 Å². The molecule has 0 saturated heterocycles. The van der Waals surface area contributed by atoms with Crippen LogP contribution in [0.4, 0.5) is 5.69 Å². The third kappa shape index (κ3) is 3.75. The van der Waals surface area contributed by atoms with Crippen molar-refractivity contribution in [3.05, 3.63) is 39.8 Å². The molecule has 2 aromatic rings. The van der Waals surface area contributed by atoms with Crippen molar-refractivity contribution in [2.24, 2.45) is 5.73 Å². The molecule has 1 aromatic heterocycles. The number of rotatable bonds is 6. The first-order valence-electron chi connectivity index (χ1n) is 6.74. The van der Waals surface area contributed by atoms with Crippen LogP contribution in [0.1, 0.15) is 35.3 Å². The van der Waals surface area contributed by atoms with Crippen molar-refractivity contribution in [3.8, 4) is 0 Å². The maximum Gasteiger partial charge on any atom is 0.115 e. The molecule has 0 saturated carbocycles. The van der Waals surface area contributed by atoms with Gasteiger partial charge in [0.2, 0.25) is 0 Å². The Balaban J connectivity index is 2.28. The second-order valence-electron chi connectivity index (χ2n) is 4.63. The fourth-order valence-corrected chi connectivity index (χ4v) is 3.84. The Hall–Kier alpha value is -1.11. The molecular weight excluding hydrogens is 318 g/mol. The van der Waals surface area contributed by atoms with Crippen LogP contribution in [0.5, 0.6) is 0 Å². The molecule has 1 atom stereocenters. The predicted molar refractivity (Wildman–Crippen MR) is 97.6 cm³/mol.